The Hall–Kier alpha value is -3.06. The van der Waals surface area contributed by atoms with Gasteiger partial charge in [-0.25, -0.2) is 4.98 Å². The molecule has 3 aromatic rings. The summed E-state index contributed by atoms with van der Waals surface area (Å²) < 4.78 is 0. The molecule has 1 aliphatic carbocycles. The number of nitrogens with zero attached hydrogens (tertiary/aromatic N) is 3. The van der Waals surface area contributed by atoms with Crippen LogP contribution in [0.1, 0.15) is 22.6 Å². The summed E-state index contributed by atoms with van der Waals surface area (Å²) in [5.41, 5.74) is 2.43. The minimum atomic E-state index is -0.212. The Balaban J connectivity index is 1.54. The summed E-state index contributed by atoms with van der Waals surface area (Å²) in [6.45, 7) is 0.642. The van der Waals surface area contributed by atoms with E-state index in [4.69, 9.17) is 4.98 Å². The number of piperazine rings is 1. The van der Waals surface area contributed by atoms with Crippen molar-refractivity contribution >= 4 is 23.2 Å². The predicted molar refractivity (Wildman–Crippen MR) is 107 cm³/mol. The number of benzene rings is 1. The maximum atomic E-state index is 13.2. The predicted octanol–water partition coefficient (Wildman–Crippen LogP) is 2.98. The molecule has 2 aromatic heterocycles. The fourth-order valence-electron chi connectivity index (χ4n) is 3.58. The molecule has 0 radical (unpaired) electrons. The van der Waals surface area contributed by atoms with Crippen LogP contribution < -0.4 is 5.32 Å². The van der Waals surface area contributed by atoms with Gasteiger partial charge in [-0.2, -0.15) is 0 Å². The van der Waals surface area contributed by atoms with E-state index in [2.05, 4.69) is 10.3 Å². The van der Waals surface area contributed by atoms with E-state index in [0.717, 1.165) is 34.5 Å². The van der Waals surface area contributed by atoms with Gasteiger partial charge in [-0.1, -0.05) is 36.4 Å². The van der Waals surface area contributed by atoms with E-state index in [0.29, 0.717) is 11.6 Å². The van der Waals surface area contributed by atoms with Gasteiger partial charge in [-0.05, 0) is 18.9 Å². The molecule has 1 N–H and O–H groups in total. The second-order valence-electron chi connectivity index (χ2n) is 7.29. The number of amides is 2. The highest BCUT2D eigenvalue weighted by atomic mass is 32.1. The van der Waals surface area contributed by atoms with Crippen molar-refractivity contribution in [2.45, 2.75) is 18.4 Å². The smallest absolute Gasteiger partial charge is 0.283 e. The Morgan fingerprint density at radius 1 is 1.11 bits per heavy atom. The quantitative estimate of drug-likeness (QED) is 0.746. The summed E-state index contributed by atoms with van der Waals surface area (Å²) in [5.74, 6) is -0.275. The summed E-state index contributed by atoms with van der Waals surface area (Å²) in [6, 6.07) is 13.7. The number of nitrogens with one attached hydrogen (secondary N) is 1. The van der Waals surface area contributed by atoms with Crippen LogP contribution in [0.25, 0.3) is 21.7 Å². The fraction of sp³-hybridized carbons (Fsp3) is 0.238. The highest BCUT2D eigenvalue weighted by Crippen LogP contribution is 2.40. The third kappa shape index (κ3) is 3.07. The number of carbonyl (C=O) groups excluding carboxylic acids is 2. The standard InChI is InChI=1S/C21H18N4O2S/c26-16-12-25(13-21(24-16)8-9-21)20(27)19-23-17(14-5-2-1-3-6-14)18(28-19)15-7-4-10-22-11-15/h1-7,10-11H,8-9,12-13H2,(H,24,26). The van der Waals surface area contributed by atoms with Crippen molar-refractivity contribution < 1.29 is 9.59 Å². The fourth-order valence-corrected chi connectivity index (χ4v) is 4.62. The van der Waals surface area contributed by atoms with Gasteiger partial charge in [0.1, 0.15) is 6.54 Å². The van der Waals surface area contributed by atoms with E-state index in [1.807, 2.05) is 42.5 Å². The lowest BCUT2D eigenvalue weighted by Gasteiger charge is -2.32. The molecule has 140 valence electrons. The van der Waals surface area contributed by atoms with Crippen molar-refractivity contribution in [2.75, 3.05) is 13.1 Å². The number of hydrogen-bond donors (Lipinski definition) is 1. The molecule has 7 heteroatoms. The van der Waals surface area contributed by atoms with Gasteiger partial charge in [0.25, 0.3) is 5.91 Å². The Labute approximate surface area is 166 Å². The highest BCUT2D eigenvalue weighted by molar-refractivity contribution is 7.17. The zero-order valence-corrected chi connectivity index (χ0v) is 15.9. The number of hydrogen-bond acceptors (Lipinski definition) is 5. The molecule has 1 saturated heterocycles. The summed E-state index contributed by atoms with van der Waals surface area (Å²) >= 11 is 1.36. The number of carbonyl (C=O) groups is 2. The Bertz CT molecular complexity index is 988. The van der Waals surface area contributed by atoms with Crippen molar-refractivity contribution in [1.82, 2.24) is 20.2 Å². The number of pyridine rings is 1. The third-order valence-electron chi connectivity index (χ3n) is 5.15. The second-order valence-corrected chi connectivity index (χ2v) is 8.29. The molecular formula is C21H18N4O2S. The lowest BCUT2D eigenvalue weighted by atomic mass is 10.1. The van der Waals surface area contributed by atoms with E-state index in [1.165, 1.54) is 11.3 Å². The largest absolute Gasteiger partial charge is 0.347 e. The van der Waals surface area contributed by atoms with Crippen LogP contribution in [0.15, 0.2) is 54.9 Å². The van der Waals surface area contributed by atoms with Gasteiger partial charge in [0.15, 0.2) is 5.01 Å². The molecule has 0 atom stereocenters. The number of aromatic nitrogens is 2. The van der Waals surface area contributed by atoms with Gasteiger partial charge >= 0.3 is 0 Å². The van der Waals surface area contributed by atoms with E-state index in [-0.39, 0.29) is 23.9 Å². The van der Waals surface area contributed by atoms with Gasteiger partial charge in [-0.3, -0.25) is 14.6 Å². The Morgan fingerprint density at radius 2 is 1.89 bits per heavy atom. The SMILES string of the molecule is O=C1CN(C(=O)c2nc(-c3ccccc3)c(-c3cccnc3)s2)CC2(CC2)N1. The van der Waals surface area contributed by atoms with Crippen LogP contribution in [0.2, 0.25) is 0 Å². The average Bonchev–Trinajstić information content (AvgIpc) is 3.30. The lowest BCUT2D eigenvalue weighted by molar-refractivity contribution is -0.125. The molecule has 5 rings (SSSR count). The molecule has 1 aliphatic heterocycles. The van der Waals surface area contributed by atoms with Crippen LogP contribution in [-0.2, 0) is 4.79 Å². The van der Waals surface area contributed by atoms with E-state index in [1.54, 1.807) is 17.3 Å². The summed E-state index contributed by atoms with van der Waals surface area (Å²) in [5, 5.41) is 3.42. The minimum Gasteiger partial charge on any atom is -0.347 e. The van der Waals surface area contributed by atoms with Crippen LogP contribution in [-0.4, -0.2) is 45.3 Å². The monoisotopic (exact) mass is 390 g/mol. The van der Waals surface area contributed by atoms with Crippen molar-refractivity contribution in [3.8, 4) is 21.7 Å². The summed E-state index contributed by atoms with van der Waals surface area (Å²) in [6.07, 6.45) is 5.36. The molecule has 1 aromatic carbocycles. The third-order valence-corrected chi connectivity index (χ3v) is 6.25. The first-order valence-electron chi connectivity index (χ1n) is 9.21. The first-order valence-corrected chi connectivity index (χ1v) is 10.0. The van der Waals surface area contributed by atoms with Crippen molar-refractivity contribution in [1.29, 1.82) is 0 Å². The van der Waals surface area contributed by atoms with Crippen molar-refractivity contribution in [3.05, 3.63) is 59.9 Å². The van der Waals surface area contributed by atoms with Crippen LogP contribution in [0.4, 0.5) is 0 Å². The molecule has 28 heavy (non-hydrogen) atoms. The normalized spacial score (nSPS) is 17.4. The highest BCUT2D eigenvalue weighted by Gasteiger charge is 2.49. The zero-order chi connectivity index (χ0) is 19.1. The molecule has 1 spiro atoms. The topological polar surface area (TPSA) is 75.2 Å². The molecular weight excluding hydrogens is 372 g/mol. The van der Waals surface area contributed by atoms with Crippen LogP contribution in [0.5, 0.6) is 0 Å². The van der Waals surface area contributed by atoms with Gasteiger partial charge in [-0.15, -0.1) is 11.3 Å². The number of thiazole rings is 1. The van der Waals surface area contributed by atoms with Crippen LogP contribution in [0.3, 0.4) is 0 Å². The molecule has 2 aliphatic rings. The van der Waals surface area contributed by atoms with Crippen molar-refractivity contribution in [2.24, 2.45) is 0 Å². The summed E-state index contributed by atoms with van der Waals surface area (Å²) in [4.78, 5) is 36.7. The molecule has 2 amide bonds. The first-order chi connectivity index (χ1) is 13.6. The van der Waals surface area contributed by atoms with Gasteiger partial charge in [0.05, 0.1) is 16.1 Å². The van der Waals surface area contributed by atoms with E-state index >= 15 is 0 Å². The lowest BCUT2D eigenvalue weighted by Crippen LogP contribution is -2.57. The first kappa shape index (κ1) is 17.1. The van der Waals surface area contributed by atoms with Crippen molar-refractivity contribution in [3.63, 3.8) is 0 Å². The van der Waals surface area contributed by atoms with Gasteiger partial charge in [0, 0.05) is 30.1 Å². The summed E-state index contributed by atoms with van der Waals surface area (Å²) in [7, 11) is 0. The Kier molecular flexibility index (Phi) is 3.98. The van der Waals surface area contributed by atoms with E-state index < -0.39 is 0 Å². The molecule has 3 heterocycles. The molecule has 0 unspecified atom stereocenters. The minimum absolute atomic E-state index is 0.0864. The number of rotatable bonds is 3. The average molecular weight is 390 g/mol. The molecule has 2 fully saturated rings. The maximum absolute atomic E-state index is 13.2. The van der Waals surface area contributed by atoms with Gasteiger partial charge < -0.3 is 10.2 Å². The molecule has 0 bridgehead atoms. The molecule has 1 saturated carbocycles. The Morgan fingerprint density at radius 3 is 2.61 bits per heavy atom. The van der Waals surface area contributed by atoms with Gasteiger partial charge in [0.2, 0.25) is 5.91 Å². The van der Waals surface area contributed by atoms with Crippen LogP contribution >= 0.6 is 11.3 Å². The zero-order valence-electron chi connectivity index (χ0n) is 15.1. The van der Waals surface area contributed by atoms with E-state index in [9.17, 15) is 9.59 Å². The van der Waals surface area contributed by atoms with Crippen LogP contribution in [0, 0.1) is 0 Å². The molecule has 6 nitrogen and oxygen atoms in total. The second kappa shape index (κ2) is 6.53. The maximum Gasteiger partial charge on any atom is 0.283 e.